The van der Waals surface area contributed by atoms with E-state index in [0.717, 1.165) is 38.9 Å². The third-order valence-corrected chi connectivity index (χ3v) is 5.56. The third kappa shape index (κ3) is 3.36. The van der Waals surface area contributed by atoms with Crippen LogP contribution in [0.2, 0.25) is 0 Å². The van der Waals surface area contributed by atoms with Crippen LogP contribution in [-0.2, 0) is 0 Å². The van der Waals surface area contributed by atoms with Gasteiger partial charge in [-0.2, -0.15) is 0 Å². The Hall–Kier alpha value is -4.19. The van der Waals surface area contributed by atoms with E-state index >= 15 is 0 Å². The summed E-state index contributed by atoms with van der Waals surface area (Å²) in [5.74, 6) is 2.60. The average molecular weight is 425 g/mol. The topological polar surface area (TPSA) is 68.4 Å². The van der Waals surface area contributed by atoms with E-state index in [-0.39, 0.29) is 0 Å². The molecule has 0 aliphatic rings. The summed E-state index contributed by atoms with van der Waals surface area (Å²) in [4.78, 5) is 7.98. The molecule has 0 bridgehead atoms. The first-order valence-corrected chi connectivity index (χ1v) is 10.2. The maximum atomic E-state index is 5.47. The highest BCUT2D eigenvalue weighted by molar-refractivity contribution is 6.04. The lowest BCUT2D eigenvalue weighted by Crippen LogP contribution is -1.98. The number of methoxy groups -OCH3 is 3. The zero-order valence-electron chi connectivity index (χ0n) is 18.1. The van der Waals surface area contributed by atoms with E-state index in [9.17, 15) is 0 Å². The van der Waals surface area contributed by atoms with Gasteiger partial charge in [-0.05, 0) is 11.5 Å². The molecule has 32 heavy (non-hydrogen) atoms. The molecule has 0 aliphatic carbocycles. The van der Waals surface area contributed by atoms with Crippen LogP contribution in [0.25, 0.3) is 32.8 Å². The zero-order chi connectivity index (χ0) is 22.1. The Kier molecular flexibility index (Phi) is 5.03. The van der Waals surface area contributed by atoms with Gasteiger partial charge in [0.25, 0.3) is 0 Å². The number of hydrogen-bond acceptors (Lipinski definition) is 5. The maximum absolute atomic E-state index is 5.47. The molecule has 5 aromatic rings. The van der Waals surface area contributed by atoms with Crippen LogP contribution < -0.4 is 19.5 Å². The number of aromatic nitrogens is 2. The molecule has 2 heterocycles. The molecule has 0 unspecified atom stereocenters. The first-order valence-electron chi connectivity index (χ1n) is 10.2. The van der Waals surface area contributed by atoms with Gasteiger partial charge >= 0.3 is 0 Å². The van der Waals surface area contributed by atoms with Gasteiger partial charge in [0.15, 0.2) is 11.5 Å². The van der Waals surface area contributed by atoms with Crippen LogP contribution in [0.15, 0.2) is 73.1 Å². The second-order valence-corrected chi connectivity index (χ2v) is 7.40. The Morgan fingerprint density at radius 3 is 2.25 bits per heavy atom. The highest BCUT2D eigenvalue weighted by Gasteiger charge is 2.15. The molecular formula is C26H23N3O3. The number of rotatable bonds is 6. The van der Waals surface area contributed by atoms with Gasteiger partial charge in [0, 0.05) is 52.1 Å². The largest absolute Gasteiger partial charge is 0.493 e. The number of anilines is 2. The molecule has 3 aromatic carbocycles. The molecular weight excluding hydrogens is 402 g/mol. The predicted octanol–water partition coefficient (Wildman–Crippen LogP) is 6.15. The number of fused-ring (bicyclic) bond motifs is 2. The normalized spacial score (nSPS) is 11.0. The van der Waals surface area contributed by atoms with Gasteiger partial charge in [0.05, 0.1) is 26.8 Å². The number of nitrogens with zero attached hydrogens (tertiary/aromatic N) is 1. The van der Waals surface area contributed by atoms with Crippen molar-refractivity contribution in [3.05, 3.63) is 73.1 Å². The number of ether oxygens (including phenoxy) is 3. The van der Waals surface area contributed by atoms with E-state index in [4.69, 9.17) is 14.2 Å². The minimum Gasteiger partial charge on any atom is -0.493 e. The number of nitrogens with one attached hydrogen (secondary N) is 2. The number of aromatic amines is 1. The predicted molar refractivity (Wildman–Crippen MR) is 128 cm³/mol. The molecule has 0 amide bonds. The first kappa shape index (κ1) is 19.8. The van der Waals surface area contributed by atoms with Crippen molar-refractivity contribution in [3.8, 4) is 28.4 Å². The van der Waals surface area contributed by atoms with E-state index < -0.39 is 0 Å². The monoisotopic (exact) mass is 425 g/mol. The quantitative estimate of drug-likeness (QED) is 0.341. The molecule has 6 nitrogen and oxygen atoms in total. The summed E-state index contributed by atoms with van der Waals surface area (Å²) in [5, 5.41) is 6.81. The van der Waals surface area contributed by atoms with Gasteiger partial charge in [-0.1, -0.05) is 42.5 Å². The fourth-order valence-electron chi connectivity index (χ4n) is 4.09. The van der Waals surface area contributed by atoms with Crippen molar-refractivity contribution >= 4 is 33.2 Å². The zero-order valence-corrected chi connectivity index (χ0v) is 18.1. The number of H-pyrrole nitrogens is 1. The van der Waals surface area contributed by atoms with Crippen LogP contribution in [-0.4, -0.2) is 31.3 Å². The Bertz CT molecular complexity index is 1390. The summed E-state index contributed by atoms with van der Waals surface area (Å²) in [6, 6.07) is 20.4. The Morgan fingerprint density at radius 2 is 1.50 bits per heavy atom. The minimum absolute atomic E-state index is 0.558. The Morgan fingerprint density at radius 1 is 0.750 bits per heavy atom. The molecule has 160 valence electrons. The van der Waals surface area contributed by atoms with E-state index in [1.54, 1.807) is 21.3 Å². The van der Waals surface area contributed by atoms with Crippen molar-refractivity contribution in [3.63, 3.8) is 0 Å². The molecule has 2 aromatic heterocycles. The lowest BCUT2D eigenvalue weighted by atomic mass is 9.99. The van der Waals surface area contributed by atoms with Crippen molar-refractivity contribution in [1.82, 2.24) is 9.97 Å². The summed E-state index contributed by atoms with van der Waals surface area (Å²) in [6.45, 7) is 0. The molecule has 0 saturated heterocycles. The van der Waals surface area contributed by atoms with Crippen LogP contribution in [0, 0.1) is 0 Å². The molecule has 2 N–H and O–H groups in total. The average Bonchev–Trinajstić information content (AvgIpc) is 3.25. The Balaban J connectivity index is 1.59. The van der Waals surface area contributed by atoms with Gasteiger partial charge in [-0.3, -0.25) is 4.98 Å². The highest BCUT2D eigenvalue weighted by atomic mass is 16.5. The van der Waals surface area contributed by atoms with E-state index in [1.807, 2.05) is 30.6 Å². The van der Waals surface area contributed by atoms with Crippen LogP contribution in [0.1, 0.15) is 0 Å². The van der Waals surface area contributed by atoms with Gasteiger partial charge in [-0.15, -0.1) is 0 Å². The van der Waals surface area contributed by atoms with E-state index in [2.05, 4.69) is 57.7 Å². The number of para-hydroxylation sites is 1. The summed E-state index contributed by atoms with van der Waals surface area (Å²) in [7, 11) is 4.80. The number of benzene rings is 3. The summed E-state index contributed by atoms with van der Waals surface area (Å²) in [6.07, 6.45) is 3.81. The van der Waals surface area contributed by atoms with Gasteiger partial charge in [-0.25, -0.2) is 0 Å². The van der Waals surface area contributed by atoms with Gasteiger partial charge < -0.3 is 24.5 Å². The van der Waals surface area contributed by atoms with Crippen molar-refractivity contribution in [2.24, 2.45) is 0 Å². The van der Waals surface area contributed by atoms with Crippen molar-refractivity contribution < 1.29 is 14.2 Å². The summed E-state index contributed by atoms with van der Waals surface area (Å²) in [5.41, 5.74) is 4.06. The van der Waals surface area contributed by atoms with Gasteiger partial charge in [0.1, 0.15) is 5.82 Å². The van der Waals surface area contributed by atoms with Crippen LogP contribution in [0.5, 0.6) is 17.2 Å². The highest BCUT2D eigenvalue weighted by Crippen LogP contribution is 2.41. The van der Waals surface area contributed by atoms with Crippen LogP contribution in [0.3, 0.4) is 0 Å². The smallest absolute Gasteiger partial charge is 0.203 e. The summed E-state index contributed by atoms with van der Waals surface area (Å²) < 4.78 is 16.4. The minimum atomic E-state index is 0.558. The van der Waals surface area contributed by atoms with Crippen LogP contribution >= 0.6 is 0 Å². The van der Waals surface area contributed by atoms with Crippen molar-refractivity contribution in [1.29, 1.82) is 0 Å². The molecule has 0 aliphatic heterocycles. The van der Waals surface area contributed by atoms with E-state index in [0.29, 0.717) is 17.2 Å². The molecule has 0 spiro atoms. The molecule has 0 fully saturated rings. The SMILES string of the molecule is COc1cc(Nc2cc3cccc(-c4cncc5ccccc45)c3[nH]2)cc(OC)c1OC. The first-order chi connectivity index (χ1) is 15.7. The van der Waals surface area contributed by atoms with E-state index in [1.165, 1.54) is 5.39 Å². The molecule has 0 radical (unpaired) electrons. The number of pyridine rings is 1. The lowest BCUT2D eigenvalue weighted by molar-refractivity contribution is 0.324. The number of hydrogen-bond donors (Lipinski definition) is 2. The lowest BCUT2D eigenvalue weighted by Gasteiger charge is -2.14. The fraction of sp³-hybridized carbons (Fsp3) is 0.115. The third-order valence-electron chi connectivity index (χ3n) is 5.56. The summed E-state index contributed by atoms with van der Waals surface area (Å²) >= 11 is 0. The van der Waals surface area contributed by atoms with Gasteiger partial charge in [0.2, 0.25) is 5.75 Å². The molecule has 5 rings (SSSR count). The fourth-order valence-corrected chi connectivity index (χ4v) is 4.09. The van der Waals surface area contributed by atoms with Crippen molar-refractivity contribution in [2.75, 3.05) is 26.6 Å². The van der Waals surface area contributed by atoms with Crippen LogP contribution in [0.4, 0.5) is 11.5 Å². The second-order valence-electron chi connectivity index (χ2n) is 7.40. The maximum Gasteiger partial charge on any atom is 0.203 e. The second kappa shape index (κ2) is 8.15. The van der Waals surface area contributed by atoms with Crippen molar-refractivity contribution in [2.45, 2.75) is 0 Å². The Labute approximate surface area is 185 Å². The molecule has 0 atom stereocenters. The standard InChI is InChI=1S/C26H23N3O3/c1-30-22-12-18(13-23(31-2)26(22)32-3)28-24-11-16-8-6-10-20(25(16)29-24)21-15-27-14-17-7-4-5-9-19(17)21/h4-15,28-29H,1-3H3. The molecule has 6 heteroatoms. The molecule has 0 saturated carbocycles.